The lowest BCUT2D eigenvalue weighted by Crippen LogP contribution is -2.35. The zero-order chi connectivity index (χ0) is 18.7. The summed E-state index contributed by atoms with van der Waals surface area (Å²) in [6.45, 7) is 6.04. The molecule has 1 saturated carbocycles. The molecule has 1 aliphatic heterocycles. The second-order valence-corrected chi connectivity index (χ2v) is 8.21. The van der Waals surface area contributed by atoms with E-state index >= 15 is 0 Å². The number of halogens is 1. The average Bonchev–Trinajstić information content (AvgIpc) is 2.66. The number of carbonyl (C=O) groups is 1. The Morgan fingerprint density at radius 1 is 1.08 bits per heavy atom. The van der Waals surface area contributed by atoms with Gasteiger partial charge in [-0.25, -0.2) is 4.39 Å². The molecule has 0 spiro atoms. The fourth-order valence-electron chi connectivity index (χ4n) is 4.53. The molecule has 1 aromatic carbocycles. The molecule has 2 unspecified atom stereocenters. The highest BCUT2D eigenvalue weighted by molar-refractivity contribution is 5.80. The Bertz CT molecular complexity index is 663. The van der Waals surface area contributed by atoms with E-state index in [1.54, 1.807) is 6.92 Å². The van der Waals surface area contributed by atoms with E-state index in [0.29, 0.717) is 17.4 Å². The van der Waals surface area contributed by atoms with Gasteiger partial charge in [-0.15, -0.1) is 0 Å². The summed E-state index contributed by atoms with van der Waals surface area (Å²) in [4.78, 5) is 11.4. The Hall–Kier alpha value is -1.48. The van der Waals surface area contributed by atoms with Crippen molar-refractivity contribution in [2.75, 3.05) is 6.61 Å². The van der Waals surface area contributed by atoms with E-state index < -0.39 is 0 Å². The third-order valence-electron chi connectivity index (χ3n) is 6.42. The van der Waals surface area contributed by atoms with Crippen molar-refractivity contribution in [2.45, 2.75) is 65.4 Å². The number of ether oxygens (including phenoxy) is 1. The molecule has 0 bridgehead atoms. The smallest absolute Gasteiger partial charge is 0.158 e. The van der Waals surface area contributed by atoms with Gasteiger partial charge < -0.3 is 4.74 Å². The van der Waals surface area contributed by atoms with E-state index in [9.17, 15) is 9.18 Å². The van der Waals surface area contributed by atoms with Crippen LogP contribution >= 0.6 is 0 Å². The minimum absolute atomic E-state index is 0.0861. The largest absolute Gasteiger partial charge is 0.370 e. The van der Waals surface area contributed by atoms with Crippen LogP contribution in [0.15, 0.2) is 18.2 Å². The van der Waals surface area contributed by atoms with Crippen molar-refractivity contribution in [1.82, 2.24) is 0 Å². The first-order valence-electron chi connectivity index (χ1n) is 10.0. The molecule has 142 valence electrons. The van der Waals surface area contributed by atoms with Gasteiger partial charge in [-0.3, -0.25) is 4.79 Å². The Morgan fingerprint density at radius 2 is 1.77 bits per heavy atom. The molecule has 3 heteroatoms. The second kappa shape index (κ2) is 8.47. The van der Waals surface area contributed by atoms with Crippen molar-refractivity contribution < 1.29 is 13.9 Å². The molecule has 3 rings (SSSR count). The van der Waals surface area contributed by atoms with Crippen LogP contribution in [-0.4, -0.2) is 18.5 Å². The highest BCUT2D eigenvalue weighted by Gasteiger charge is 2.32. The maximum Gasteiger partial charge on any atom is 0.158 e. The van der Waals surface area contributed by atoms with Gasteiger partial charge in [-0.2, -0.15) is 0 Å². The zero-order valence-corrected chi connectivity index (χ0v) is 16.3. The molecule has 2 nitrogen and oxygen atoms in total. The third kappa shape index (κ3) is 4.43. The predicted molar refractivity (Wildman–Crippen MR) is 104 cm³/mol. The highest BCUT2D eigenvalue weighted by Crippen LogP contribution is 2.38. The summed E-state index contributed by atoms with van der Waals surface area (Å²) < 4.78 is 19.8. The van der Waals surface area contributed by atoms with E-state index in [-0.39, 0.29) is 17.7 Å². The molecule has 1 heterocycles. The lowest BCUT2D eigenvalue weighted by Gasteiger charge is -2.36. The molecule has 0 N–H and O–H groups in total. The number of rotatable bonds is 4. The van der Waals surface area contributed by atoms with Gasteiger partial charge in [0.2, 0.25) is 0 Å². The molecule has 2 aliphatic rings. The average molecular weight is 358 g/mol. The highest BCUT2D eigenvalue weighted by atomic mass is 19.1. The Morgan fingerprint density at radius 3 is 2.38 bits per heavy atom. The Kier molecular flexibility index (Phi) is 6.29. The van der Waals surface area contributed by atoms with Crippen molar-refractivity contribution in [2.24, 2.45) is 17.8 Å². The van der Waals surface area contributed by atoms with Gasteiger partial charge >= 0.3 is 0 Å². The van der Waals surface area contributed by atoms with Crippen LogP contribution < -0.4 is 0 Å². The predicted octanol–water partition coefficient (Wildman–Crippen LogP) is 5.65. The van der Waals surface area contributed by atoms with Crippen LogP contribution in [-0.2, 0) is 9.53 Å². The van der Waals surface area contributed by atoms with Gasteiger partial charge in [-0.1, -0.05) is 24.3 Å². The van der Waals surface area contributed by atoms with Crippen LogP contribution in [0.25, 0.3) is 6.08 Å². The summed E-state index contributed by atoms with van der Waals surface area (Å²) in [6.07, 6.45) is 11.1. The standard InChI is InChI=1S/C23H31FO2/c1-15-4-8-19(16(2)23(15)24)9-5-18-6-10-20(11-7-18)21-12-13-22(17(3)25)26-14-21/h4-5,8-9,18,20-22H,6-7,10-14H2,1-3H3/b9-5+. The van der Waals surface area contributed by atoms with E-state index in [4.69, 9.17) is 4.74 Å². The van der Waals surface area contributed by atoms with Crippen molar-refractivity contribution >= 4 is 11.9 Å². The summed E-state index contributed by atoms with van der Waals surface area (Å²) in [5.41, 5.74) is 2.45. The fraction of sp³-hybridized carbons (Fsp3) is 0.609. The molecule has 0 aromatic heterocycles. The molecule has 0 amide bonds. The van der Waals surface area contributed by atoms with E-state index in [2.05, 4.69) is 12.2 Å². The van der Waals surface area contributed by atoms with Crippen LogP contribution in [0.4, 0.5) is 4.39 Å². The fourth-order valence-corrected chi connectivity index (χ4v) is 4.53. The van der Waals surface area contributed by atoms with Gasteiger partial charge in [0, 0.05) is 0 Å². The molecule has 1 saturated heterocycles. The van der Waals surface area contributed by atoms with Crippen molar-refractivity contribution in [1.29, 1.82) is 0 Å². The summed E-state index contributed by atoms with van der Waals surface area (Å²) in [5.74, 6) is 2.01. The molecular formula is C23H31FO2. The third-order valence-corrected chi connectivity index (χ3v) is 6.42. The van der Waals surface area contributed by atoms with E-state index in [1.807, 2.05) is 26.0 Å². The summed E-state index contributed by atoms with van der Waals surface area (Å²) in [7, 11) is 0. The van der Waals surface area contributed by atoms with Gasteiger partial charge in [0.05, 0.1) is 6.61 Å². The number of benzene rings is 1. The number of hydrogen-bond donors (Lipinski definition) is 0. The van der Waals surface area contributed by atoms with Crippen molar-refractivity contribution in [3.63, 3.8) is 0 Å². The normalized spacial score (nSPS) is 29.8. The number of Topliss-reactive ketones (excluding diaryl/α,β-unsaturated/α-hetero) is 1. The van der Waals surface area contributed by atoms with Gasteiger partial charge in [0.1, 0.15) is 11.9 Å². The van der Waals surface area contributed by atoms with Crippen LogP contribution in [0.2, 0.25) is 0 Å². The minimum atomic E-state index is -0.163. The maximum absolute atomic E-state index is 14.0. The maximum atomic E-state index is 14.0. The van der Waals surface area contributed by atoms with Gasteiger partial charge in [0.15, 0.2) is 5.78 Å². The van der Waals surface area contributed by atoms with Crippen LogP contribution in [0, 0.1) is 37.4 Å². The lowest BCUT2D eigenvalue weighted by atomic mass is 9.73. The molecule has 0 radical (unpaired) electrons. The lowest BCUT2D eigenvalue weighted by molar-refractivity contribution is -0.134. The Labute approximate surface area is 156 Å². The summed E-state index contributed by atoms with van der Waals surface area (Å²) in [5, 5.41) is 0. The first-order valence-corrected chi connectivity index (χ1v) is 10.0. The summed E-state index contributed by atoms with van der Waals surface area (Å²) in [6, 6.07) is 3.87. The number of allylic oxidation sites excluding steroid dienone is 1. The van der Waals surface area contributed by atoms with Crippen molar-refractivity contribution in [3.8, 4) is 0 Å². The second-order valence-electron chi connectivity index (χ2n) is 8.21. The number of carbonyl (C=O) groups excluding carboxylic acids is 1. The van der Waals surface area contributed by atoms with Crippen molar-refractivity contribution in [3.05, 3.63) is 40.7 Å². The van der Waals surface area contributed by atoms with Gasteiger partial charge in [0.25, 0.3) is 0 Å². The number of hydrogen-bond acceptors (Lipinski definition) is 2. The first kappa shape index (κ1) is 19.3. The molecule has 1 aromatic rings. The number of aryl methyl sites for hydroxylation is 1. The van der Waals surface area contributed by atoms with E-state index in [0.717, 1.165) is 36.5 Å². The van der Waals surface area contributed by atoms with Crippen LogP contribution in [0.5, 0.6) is 0 Å². The molecule has 2 fully saturated rings. The molecule has 26 heavy (non-hydrogen) atoms. The zero-order valence-electron chi connectivity index (χ0n) is 16.3. The molecular weight excluding hydrogens is 327 g/mol. The van der Waals surface area contributed by atoms with Gasteiger partial charge in [-0.05, 0) is 93.7 Å². The van der Waals surface area contributed by atoms with Crippen LogP contribution in [0.1, 0.15) is 62.1 Å². The Balaban J connectivity index is 1.50. The summed E-state index contributed by atoms with van der Waals surface area (Å²) >= 11 is 0. The van der Waals surface area contributed by atoms with Crippen LogP contribution in [0.3, 0.4) is 0 Å². The topological polar surface area (TPSA) is 26.3 Å². The monoisotopic (exact) mass is 358 g/mol. The minimum Gasteiger partial charge on any atom is -0.370 e. The molecule has 2 atom stereocenters. The first-order chi connectivity index (χ1) is 12.5. The quantitative estimate of drug-likeness (QED) is 0.695. The molecule has 1 aliphatic carbocycles. The van der Waals surface area contributed by atoms with E-state index in [1.165, 1.54) is 25.7 Å². The number of ketones is 1. The SMILES string of the molecule is CC(=O)C1CCC(C2CCC(/C=C/c3ccc(C)c(F)c3C)CC2)CO1.